The molecule has 2 N–H and O–H groups in total. The number of hydrogen-bond donors (Lipinski definition) is 2. The number of rotatable bonds is 8. The zero-order chi connectivity index (χ0) is 13.4. The van der Waals surface area contributed by atoms with Crippen molar-refractivity contribution in [1.82, 2.24) is 0 Å². The summed E-state index contributed by atoms with van der Waals surface area (Å²) in [4.78, 5) is 0. The normalized spacial score (nSPS) is 32.7. The maximum Gasteiger partial charge on any atom is 0.186 e. The fourth-order valence-electron chi connectivity index (χ4n) is 1.79. The third kappa shape index (κ3) is 4.82. The van der Waals surface area contributed by atoms with Crippen LogP contribution in [-0.2, 0) is 14.2 Å². The lowest BCUT2D eigenvalue weighted by atomic mass is 10.1. The predicted molar refractivity (Wildman–Crippen MR) is 67.3 cm³/mol. The zero-order valence-electron chi connectivity index (χ0n) is 11.4. The highest BCUT2D eigenvalue weighted by Gasteiger charge is 2.40. The Hall–Kier alpha value is -0.200. The molecule has 108 valence electrons. The van der Waals surface area contributed by atoms with Crippen molar-refractivity contribution in [3.05, 3.63) is 0 Å². The zero-order valence-corrected chi connectivity index (χ0v) is 11.4. The van der Waals surface area contributed by atoms with E-state index in [-0.39, 0.29) is 6.61 Å². The van der Waals surface area contributed by atoms with Gasteiger partial charge in [0, 0.05) is 13.2 Å². The quantitative estimate of drug-likeness (QED) is 0.640. The standard InChI is InChI=1S/C13H26O5/c1-3-5-7-16-12-11(15)10(14)9-18-13(12)17-8-6-4-2/h10-15H,3-9H2,1-2H3/t10-,11-,12+,13-/m1/s1. The Morgan fingerprint density at radius 2 is 1.67 bits per heavy atom. The first-order valence-electron chi connectivity index (χ1n) is 6.91. The van der Waals surface area contributed by atoms with E-state index >= 15 is 0 Å². The van der Waals surface area contributed by atoms with Gasteiger partial charge in [-0.05, 0) is 12.8 Å². The van der Waals surface area contributed by atoms with Crippen molar-refractivity contribution in [2.24, 2.45) is 0 Å². The first-order valence-corrected chi connectivity index (χ1v) is 6.91. The average Bonchev–Trinajstić information content (AvgIpc) is 2.37. The minimum absolute atomic E-state index is 0.0889. The highest BCUT2D eigenvalue weighted by atomic mass is 16.7. The van der Waals surface area contributed by atoms with Gasteiger partial charge in [0.2, 0.25) is 0 Å². The van der Waals surface area contributed by atoms with Crippen molar-refractivity contribution in [1.29, 1.82) is 0 Å². The third-order valence-electron chi connectivity index (χ3n) is 3.02. The molecular weight excluding hydrogens is 236 g/mol. The number of ether oxygens (including phenoxy) is 3. The second-order valence-corrected chi connectivity index (χ2v) is 4.67. The smallest absolute Gasteiger partial charge is 0.186 e. The van der Waals surface area contributed by atoms with E-state index in [0.717, 1.165) is 25.7 Å². The average molecular weight is 262 g/mol. The summed E-state index contributed by atoms with van der Waals surface area (Å²) in [6, 6.07) is 0. The minimum atomic E-state index is -0.942. The Balaban J connectivity index is 2.44. The van der Waals surface area contributed by atoms with Crippen LogP contribution in [0.5, 0.6) is 0 Å². The van der Waals surface area contributed by atoms with Crippen LogP contribution < -0.4 is 0 Å². The third-order valence-corrected chi connectivity index (χ3v) is 3.02. The van der Waals surface area contributed by atoms with Gasteiger partial charge in [-0.3, -0.25) is 0 Å². The molecule has 5 nitrogen and oxygen atoms in total. The summed E-state index contributed by atoms with van der Waals surface area (Å²) in [5.74, 6) is 0. The molecule has 1 rings (SSSR count). The van der Waals surface area contributed by atoms with Gasteiger partial charge < -0.3 is 24.4 Å². The lowest BCUT2D eigenvalue weighted by molar-refractivity contribution is -0.281. The van der Waals surface area contributed by atoms with E-state index in [1.54, 1.807) is 0 Å². The van der Waals surface area contributed by atoms with Gasteiger partial charge in [-0.1, -0.05) is 26.7 Å². The van der Waals surface area contributed by atoms with Crippen molar-refractivity contribution in [3.8, 4) is 0 Å². The summed E-state index contributed by atoms with van der Waals surface area (Å²) in [6.45, 7) is 5.37. The summed E-state index contributed by atoms with van der Waals surface area (Å²) in [7, 11) is 0. The second kappa shape index (κ2) is 8.82. The lowest BCUT2D eigenvalue weighted by Crippen LogP contribution is -2.55. The van der Waals surface area contributed by atoms with Crippen molar-refractivity contribution in [2.45, 2.75) is 64.1 Å². The van der Waals surface area contributed by atoms with E-state index in [1.807, 2.05) is 0 Å². The first kappa shape index (κ1) is 15.9. The van der Waals surface area contributed by atoms with Gasteiger partial charge in [-0.2, -0.15) is 0 Å². The molecule has 5 heteroatoms. The van der Waals surface area contributed by atoms with Crippen LogP contribution >= 0.6 is 0 Å². The van der Waals surface area contributed by atoms with Crippen LogP contribution in [0.1, 0.15) is 39.5 Å². The molecule has 18 heavy (non-hydrogen) atoms. The van der Waals surface area contributed by atoms with E-state index in [9.17, 15) is 10.2 Å². The van der Waals surface area contributed by atoms with Gasteiger partial charge in [0.1, 0.15) is 18.3 Å². The molecule has 1 saturated heterocycles. The highest BCUT2D eigenvalue weighted by molar-refractivity contribution is 4.84. The van der Waals surface area contributed by atoms with Crippen LogP contribution in [0.25, 0.3) is 0 Å². The van der Waals surface area contributed by atoms with Crippen LogP contribution in [0.15, 0.2) is 0 Å². The number of hydrogen-bond acceptors (Lipinski definition) is 5. The van der Waals surface area contributed by atoms with E-state index in [2.05, 4.69) is 13.8 Å². The summed E-state index contributed by atoms with van der Waals surface area (Å²) in [5, 5.41) is 19.5. The van der Waals surface area contributed by atoms with E-state index in [0.29, 0.717) is 13.2 Å². The Morgan fingerprint density at radius 3 is 2.28 bits per heavy atom. The first-order chi connectivity index (χ1) is 8.70. The molecule has 0 radical (unpaired) electrons. The maximum atomic E-state index is 9.93. The Labute approximate surface area is 109 Å². The highest BCUT2D eigenvalue weighted by Crippen LogP contribution is 2.20. The molecule has 4 atom stereocenters. The molecule has 1 heterocycles. The summed E-state index contributed by atoms with van der Waals surface area (Å²) < 4.78 is 16.5. The summed E-state index contributed by atoms with van der Waals surface area (Å²) in [6.07, 6.45) is 0.905. The lowest BCUT2D eigenvalue weighted by Gasteiger charge is -2.37. The molecule has 1 fully saturated rings. The predicted octanol–water partition coefficient (Wildman–Crippen LogP) is 1.07. The van der Waals surface area contributed by atoms with E-state index < -0.39 is 24.6 Å². The van der Waals surface area contributed by atoms with Gasteiger partial charge in [-0.15, -0.1) is 0 Å². The van der Waals surface area contributed by atoms with Crippen LogP contribution in [-0.4, -0.2) is 54.6 Å². The molecule has 0 spiro atoms. The molecule has 0 aliphatic carbocycles. The molecule has 0 saturated carbocycles. The number of aliphatic hydroxyl groups excluding tert-OH is 2. The topological polar surface area (TPSA) is 68.2 Å². The molecule has 1 aliphatic rings. The fourth-order valence-corrected chi connectivity index (χ4v) is 1.79. The Bertz CT molecular complexity index is 212. The maximum absolute atomic E-state index is 9.93. The number of aliphatic hydroxyl groups is 2. The minimum Gasteiger partial charge on any atom is -0.388 e. The Morgan fingerprint density at radius 1 is 1.06 bits per heavy atom. The van der Waals surface area contributed by atoms with Crippen molar-refractivity contribution in [2.75, 3.05) is 19.8 Å². The molecule has 0 amide bonds. The largest absolute Gasteiger partial charge is 0.388 e. The van der Waals surface area contributed by atoms with Crippen molar-refractivity contribution >= 4 is 0 Å². The molecular formula is C13H26O5. The second-order valence-electron chi connectivity index (χ2n) is 4.67. The summed E-state index contributed by atoms with van der Waals surface area (Å²) >= 11 is 0. The van der Waals surface area contributed by atoms with Gasteiger partial charge >= 0.3 is 0 Å². The van der Waals surface area contributed by atoms with Crippen LogP contribution in [0.2, 0.25) is 0 Å². The molecule has 0 aromatic carbocycles. The van der Waals surface area contributed by atoms with Crippen LogP contribution in [0.4, 0.5) is 0 Å². The SMILES string of the molecule is CCCCO[C@@H]1OC[C@@H](O)[C@@H](O)[C@@H]1OCCCC. The molecule has 0 unspecified atom stereocenters. The molecule has 0 aromatic heterocycles. The van der Waals surface area contributed by atoms with Crippen LogP contribution in [0.3, 0.4) is 0 Å². The van der Waals surface area contributed by atoms with Gasteiger partial charge in [-0.25, -0.2) is 0 Å². The monoisotopic (exact) mass is 262 g/mol. The molecule has 0 bridgehead atoms. The molecule has 1 aliphatic heterocycles. The van der Waals surface area contributed by atoms with Gasteiger partial charge in [0.05, 0.1) is 6.61 Å². The summed E-state index contributed by atoms with van der Waals surface area (Å²) in [5.41, 5.74) is 0. The fraction of sp³-hybridized carbons (Fsp3) is 1.00. The van der Waals surface area contributed by atoms with E-state index in [1.165, 1.54) is 0 Å². The van der Waals surface area contributed by atoms with E-state index in [4.69, 9.17) is 14.2 Å². The van der Waals surface area contributed by atoms with Gasteiger partial charge in [0.25, 0.3) is 0 Å². The molecule has 0 aromatic rings. The van der Waals surface area contributed by atoms with Gasteiger partial charge in [0.15, 0.2) is 6.29 Å². The van der Waals surface area contributed by atoms with Crippen molar-refractivity contribution in [3.63, 3.8) is 0 Å². The number of unbranched alkanes of at least 4 members (excludes halogenated alkanes) is 2. The van der Waals surface area contributed by atoms with Crippen molar-refractivity contribution < 1.29 is 24.4 Å². The Kier molecular flexibility index (Phi) is 7.77. The van der Waals surface area contributed by atoms with Crippen LogP contribution in [0, 0.1) is 0 Å².